The number of nitro groups is 1. The third-order valence-corrected chi connectivity index (χ3v) is 4.43. The fourth-order valence-corrected chi connectivity index (χ4v) is 2.93. The lowest BCUT2D eigenvalue weighted by atomic mass is 9.98. The Morgan fingerprint density at radius 1 is 1.18 bits per heavy atom. The molecular formula is C20H17N7O5S. The summed E-state index contributed by atoms with van der Waals surface area (Å²) in [6.45, 7) is 0. The van der Waals surface area contributed by atoms with Crippen molar-refractivity contribution in [1.29, 1.82) is 0 Å². The normalized spacial score (nSPS) is 12.0. The highest BCUT2D eigenvalue weighted by Gasteiger charge is 2.35. The topological polar surface area (TPSA) is 175 Å². The average molecular weight is 467 g/mol. The molecule has 1 amide bonds. The number of nitrogens with two attached hydrogens (primary N) is 1. The van der Waals surface area contributed by atoms with E-state index < -0.39 is 28.4 Å². The van der Waals surface area contributed by atoms with Crippen LogP contribution in [0.4, 0.5) is 11.4 Å². The Kier molecular flexibility index (Phi) is 7.15. The Morgan fingerprint density at radius 3 is 2.52 bits per heavy atom. The van der Waals surface area contributed by atoms with E-state index in [0.29, 0.717) is 11.0 Å². The smallest absolute Gasteiger partial charge is 0.321 e. The first-order valence-corrected chi connectivity index (χ1v) is 9.70. The van der Waals surface area contributed by atoms with Crippen LogP contribution in [0.3, 0.4) is 0 Å². The van der Waals surface area contributed by atoms with Crippen molar-refractivity contribution in [2.24, 2.45) is 10.8 Å². The second-order valence-corrected chi connectivity index (χ2v) is 6.88. The third kappa shape index (κ3) is 5.40. The van der Waals surface area contributed by atoms with Crippen LogP contribution >= 0.6 is 12.2 Å². The van der Waals surface area contributed by atoms with Crippen LogP contribution in [0.5, 0.6) is 0 Å². The number of ether oxygens (including phenoxy) is 1. The molecule has 0 aliphatic carbocycles. The summed E-state index contributed by atoms with van der Waals surface area (Å²) in [5.41, 5.74) is 7.86. The van der Waals surface area contributed by atoms with E-state index in [0.717, 1.165) is 7.11 Å². The molecule has 168 valence electrons. The van der Waals surface area contributed by atoms with Crippen molar-refractivity contribution in [3.8, 4) is 0 Å². The number of benzene rings is 2. The van der Waals surface area contributed by atoms with Gasteiger partial charge >= 0.3 is 5.97 Å². The Balaban J connectivity index is 2.09. The van der Waals surface area contributed by atoms with Gasteiger partial charge in [0.2, 0.25) is 0 Å². The van der Waals surface area contributed by atoms with E-state index in [-0.39, 0.29) is 22.2 Å². The highest BCUT2D eigenvalue weighted by atomic mass is 32.1. The van der Waals surface area contributed by atoms with Crippen LogP contribution in [0.2, 0.25) is 0 Å². The fourth-order valence-electron chi connectivity index (χ4n) is 2.89. The van der Waals surface area contributed by atoms with E-state index in [2.05, 4.69) is 25.8 Å². The maximum absolute atomic E-state index is 13.2. The largest absolute Gasteiger partial charge is 0.468 e. The van der Waals surface area contributed by atoms with Crippen LogP contribution in [0, 0.1) is 10.1 Å². The Hall–Kier alpha value is -4.52. The Morgan fingerprint density at radius 2 is 1.85 bits per heavy atom. The molecule has 0 spiro atoms. The number of thiocarbonyl (C=S) groups is 1. The van der Waals surface area contributed by atoms with E-state index in [1.807, 2.05) is 0 Å². The van der Waals surface area contributed by atoms with Gasteiger partial charge in [-0.05, 0) is 30.4 Å². The first-order chi connectivity index (χ1) is 15.8. The molecule has 4 N–H and O–H groups in total. The summed E-state index contributed by atoms with van der Waals surface area (Å²) in [5, 5.41) is 17.3. The van der Waals surface area contributed by atoms with Gasteiger partial charge in [0, 0.05) is 6.07 Å². The standard InChI is InChI=1S/C20H17N7O5S/c1-32-19(29)16(14-10-22-11-6-2-3-7-12(11)23-14)17(25-26-20(21)33)18(28)24-13-8-4-5-9-15(13)27(30)31/h2-10,16H,1H3,(H,24,28)(H3,21,26,33)/b25-17+/t16-/m1/s1. The number of nitro benzene ring substituents is 1. The van der Waals surface area contributed by atoms with Gasteiger partial charge in [-0.25, -0.2) is 4.98 Å². The van der Waals surface area contributed by atoms with Crippen LogP contribution in [0.25, 0.3) is 11.0 Å². The summed E-state index contributed by atoms with van der Waals surface area (Å²) in [6, 6.07) is 12.4. The number of nitrogens with zero attached hydrogens (tertiary/aromatic N) is 4. The van der Waals surface area contributed by atoms with Crippen LogP contribution in [0.1, 0.15) is 11.6 Å². The first kappa shape index (κ1) is 23.1. The van der Waals surface area contributed by atoms with Crippen LogP contribution < -0.4 is 16.5 Å². The molecule has 0 aliphatic rings. The molecule has 0 bridgehead atoms. The molecule has 0 fully saturated rings. The minimum absolute atomic E-state index is 0.0572. The molecule has 12 nitrogen and oxygen atoms in total. The van der Waals surface area contributed by atoms with Gasteiger partial charge in [0.15, 0.2) is 5.11 Å². The first-order valence-electron chi connectivity index (χ1n) is 9.29. The maximum atomic E-state index is 13.2. The molecule has 1 aromatic heterocycles. The number of rotatable bonds is 7. The molecule has 13 heteroatoms. The number of amides is 1. The predicted molar refractivity (Wildman–Crippen MR) is 123 cm³/mol. The van der Waals surface area contributed by atoms with E-state index in [4.69, 9.17) is 22.7 Å². The summed E-state index contributed by atoms with van der Waals surface area (Å²) < 4.78 is 4.86. The molecule has 1 heterocycles. The molecule has 3 rings (SSSR count). The molecular weight excluding hydrogens is 450 g/mol. The number of aromatic nitrogens is 2. The highest BCUT2D eigenvalue weighted by Crippen LogP contribution is 2.25. The van der Waals surface area contributed by atoms with Crippen LogP contribution in [0.15, 0.2) is 59.8 Å². The summed E-state index contributed by atoms with van der Waals surface area (Å²) in [7, 11) is 1.13. The lowest BCUT2D eigenvalue weighted by molar-refractivity contribution is -0.383. The summed E-state index contributed by atoms with van der Waals surface area (Å²) in [4.78, 5) is 45.2. The van der Waals surface area contributed by atoms with E-state index >= 15 is 0 Å². The molecule has 0 radical (unpaired) electrons. The van der Waals surface area contributed by atoms with Crippen molar-refractivity contribution < 1.29 is 19.2 Å². The molecule has 0 unspecified atom stereocenters. The second-order valence-electron chi connectivity index (χ2n) is 6.44. The van der Waals surface area contributed by atoms with Gasteiger partial charge < -0.3 is 15.8 Å². The van der Waals surface area contributed by atoms with Gasteiger partial charge in [-0.1, -0.05) is 24.3 Å². The zero-order valence-electron chi connectivity index (χ0n) is 17.1. The molecule has 0 aliphatic heterocycles. The van der Waals surface area contributed by atoms with Gasteiger partial charge in [0.05, 0.1) is 35.0 Å². The van der Waals surface area contributed by atoms with Crippen molar-refractivity contribution in [2.45, 2.75) is 5.92 Å². The zero-order valence-corrected chi connectivity index (χ0v) is 17.9. The Bertz CT molecular complexity index is 1280. The number of para-hydroxylation sites is 4. The van der Waals surface area contributed by atoms with Crippen molar-refractivity contribution in [1.82, 2.24) is 15.4 Å². The molecule has 0 saturated heterocycles. The van der Waals surface area contributed by atoms with Crippen molar-refractivity contribution in [3.63, 3.8) is 0 Å². The van der Waals surface area contributed by atoms with Crippen molar-refractivity contribution in [2.75, 3.05) is 12.4 Å². The number of nitrogens with one attached hydrogen (secondary N) is 2. The average Bonchev–Trinajstić information content (AvgIpc) is 2.81. The van der Waals surface area contributed by atoms with Gasteiger partial charge in [0.1, 0.15) is 17.3 Å². The number of fused-ring (bicyclic) bond motifs is 1. The number of esters is 1. The van der Waals surface area contributed by atoms with E-state index in [1.165, 1.54) is 30.5 Å². The molecule has 33 heavy (non-hydrogen) atoms. The summed E-state index contributed by atoms with van der Waals surface area (Å²) in [5.74, 6) is -3.27. The minimum atomic E-state index is -1.45. The number of hydrazone groups is 1. The number of methoxy groups -OCH3 is 1. The van der Waals surface area contributed by atoms with Crippen molar-refractivity contribution in [3.05, 3.63) is 70.5 Å². The summed E-state index contributed by atoms with van der Waals surface area (Å²) in [6.07, 6.45) is 1.30. The quantitative estimate of drug-likeness (QED) is 0.152. The van der Waals surface area contributed by atoms with Crippen molar-refractivity contribution >= 4 is 57.3 Å². The molecule has 2 aromatic carbocycles. The number of hydrogen-bond donors (Lipinski definition) is 3. The zero-order chi connectivity index (χ0) is 24.0. The van der Waals surface area contributed by atoms with Gasteiger partial charge in [-0.2, -0.15) is 5.10 Å². The number of carbonyl (C=O) groups is 2. The fraction of sp³-hybridized carbons (Fsp3) is 0.100. The number of hydrogen-bond acceptors (Lipinski definition) is 9. The van der Waals surface area contributed by atoms with Gasteiger partial charge in [0.25, 0.3) is 11.6 Å². The van der Waals surface area contributed by atoms with Crippen LogP contribution in [-0.4, -0.2) is 44.7 Å². The molecule has 1 atom stereocenters. The van der Waals surface area contributed by atoms with E-state index in [1.54, 1.807) is 24.3 Å². The monoisotopic (exact) mass is 467 g/mol. The predicted octanol–water partition coefficient (Wildman–Crippen LogP) is 1.62. The third-order valence-electron chi connectivity index (χ3n) is 4.34. The van der Waals surface area contributed by atoms with Gasteiger partial charge in [-0.3, -0.25) is 30.1 Å². The minimum Gasteiger partial charge on any atom is -0.468 e. The molecule has 0 saturated carbocycles. The second kappa shape index (κ2) is 10.2. The van der Waals surface area contributed by atoms with E-state index in [9.17, 15) is 19.7 Å². The summed E-state index contributed by atoms with van der Waals surface area (Å²) >= 11 is 4.74. The highest BCUT2D eigenvalue weighted by molar-refractivity contribution is 7.80. The SMILES string of the molecule is COC(=O)[C@@H](/C(=N\NC(N)=S)C(=O)Nc1ccccc1[N+](=O)[O-])c1cnc2ccccc2n1. The van der Waals surface area contributed by atoms with Crippen LogP contribution in [-0.2, 0) is 14.3 Å². The number of anilines is 1. The maximum Gasteiger partial charge on any atom is 0.321 e. The molecule has 3 aromatic rings. The lowest BCUT2D eigenvalue weighted by Gasteiger charge is -2.17. The Labute approximate surface area is 192 Å². The lowest BCUT2D eigenvalue weighted by Crippen LogP contribution is -2.37. The number of carbonyl (C=O) groups excluding carboxylic acids is 2. The van der Waals surface area contributed by atoms with Gasteiger partial charge in [-0.15, -0.1) is 0 Å².